The van der Waals surface area contributed by atoms with Crippen LogP contribution in [0.2, 0.25) is 0 Å². The van der Waals surface area contributed by atoms with E-state index in [0.29, 0.717) is 34.6 Å². The van der Waals surface area contributed by atoms with E-state index < -0.39 is 5.97 Å². The van der Waals surface area contributed by atoms with E-state index in [9.17, 15) is 9.59 Å². The van der Waals surface area contributed by atoms with Crippen molar-refractivity contribution in [1.82, 2.24) is 0 Å². The zero-order valence-electron chi connectivity index (χ0n) is 12.5. The molecule has 2 rings (SSSR count). The molecular weight excluding hydrogens is 407 g/mol. The number of hydrogen-bond acceptors (Lipinski definition) is 4. The molecule has 0 fully saturated rings. The Morgan fingerprint density at radius 3 is 2.65 bits per heavy atom. The average Bonchev–Trinajstić information content (AvgIpc) is 2.56. The predicted octanol–water partition coefficient (Wildman–Crippen LogP) is 4.06. The number of hydrogen-bond donors (Lipinski definition) is 0. The zero-order chi connectivity index (χ0) is 16.8. The van der Waals surface area contributed by atoms with Crippen molar-refractivity contribution in [3.05, 3.63) is 69.3 Å². The monoisotopic (exact) mass is 422 g/mol. The molecule has 0 atom stereocenters. The van der Waals surface area contributed by atoms with E-state index in [0.717, 1.165) is 9.86 Å². The Hall–Kier alpha value is -2.15. The van der Waals surface area contributed by atoms with E-state index in [1.54, 1.807) is 24.3 Å². The van der Waals surface area contributed by atoms with Gasteiger partial charge in [-0.3, -0.25) is 4.79 Å². The van der Waals surface area contributed by atoms with E-state index in [2.05, 4.69) is 29.2 Å². The highest BCUT2D eigenvalue weighted by molar-refractivity contribution is 14.1. The topological polar surface area (TPSA) is 52.6 Å². The van der Waals surface area contributed by atoms with Crippen molar-refractivity contribution in [3.63, 3.8) is 0 Å². The van der Waals surface area contributed by atoms with Gasteiger partial charge in [0.05, 0.1) is 12.7 Å². The molecule has 23 heavy (non-hydrogen) atoms. The molecule has 2 aromatic carbocycles. The number of carbonyl (C=O) groups excluding carboxylic acids is 2. The summed E-state index contributed by atoms with van der Waals surface area (Å²) in [6.07, 6.45) is 2.85. The highest BCUT2D eigenvalue weighted by Gasteiger charge is 2.18. The number of benzene rings is 2. The number of aldehydes is 1. The molecule has 118 valence electrons. The van der Waals surface area contributed by atoms with E-state index >= 15 is 0 Å². The van der Waals surface area contributed by atoms with Gasteiger partial charge in [-0.05, 0) is 53.3 Å². The van der Waals surface area contributed by atoms with E-state index in [4.69, 9.17) is 9.47 Å². The second kappa shape index (κ2) is 7.92. The van der Waals surface area contributed by atoms with E-state index in [1.165, 1.54) is 13.2 Å². The molecule has 0 aliphatic heterocycles. The van der Waals surface area contributed by atoms with Crippen LogP contribution in [0.1, 0.15) is 26.3 Å². The lowest BCUT2D eigenvalue weighted by molar-refractivity contribution is 0.0727. The molecule has 4 nitrogen and oxygen atoms in total. The third-order valence-electron chi connectivity index (χ3n) is 3.16. The van der Waals surface area contributed by atoms with Gasteiger partial charge in [0.1, 0.15) is 6.29 Å². The normalized spacial score (nSPS) is 10.0. The second-order valence-corrected chi connectivity index (χ2v) is 5.85. The fourth-order valence-electron chi connectivity index (χ4n) is 2.10. The molecule has 0 saturated carbocycles. The summed E-state index contributed by atoms with van der Waals surface area (Å²) in [5, 5.41) is 0. The molecule has 0 aliphatic rings. The Bertz CT molecular complexity index is 753. The van der Waals surface area contributed by atoms with Crippen molar-refractivity contribution < 1.29 is 19.1 Å². The van der Waals surface area contributed by atoms with Crippen molar-refractivity contribution >= 4 is 34.8 Å². The third-order valence-corrected chi connectivity index (χ3v) is 4.10. The van der Waals surface area contributed by atoms with Crippen LogP contribution in [0.4, 0.5) is 0 Å². The quantitative estimate of drug-likeness (QED) is 0.232. The highest BCUT2D eigenvalue weighted by atomic mass is 127. The Kier molecular flexibility index (Phi) is 5.92. The third kappa shape index (κ3) is 3.98. The maximum atomic E-state index is 12.4. The first-order valence-electron chi connectivity index (χ1n) is 6.84. The SMILES string of the molecule is C=CCc1cc(C=O)cc(OC)c1OC(=O)c1ccccc1I. The fraction of sp³-hybridized carbons (Fsp3) is 0.111. The Morgan fingerprint density at radius 1 is 1.30 bits per heavy atom. The maximum absolute atomic E-state index is 12.4. The van der Waals surface area contributed by atoms with Gasteiger partial charge in [0.15, 0.2) is 11.5 Å². The average molecular weight is 422 g/mol. The van der Waals surface area contributed by atoms with Gasteiger partial charge in [0.25, 0.3) is 0 Å². The number of ether oxygens (including phenoxy) is 2. The van der Waals surface area contributed by atoms with Crippen molar-refractivity contribution in [2.75, 3.05) is 7.11 Å². The van der Waals surface area contributed by atoms with E-state index in [-0.39, 0.29) is 0 Å². The lowest BCUT2D eigenvalue weighted by Gasteiger charge is -2.14. The van der Waals surface area contributed by atoms with Gasteiger partial charge in [-0.25, -0.2) is 4.79 Å². The first-order valence-corrected chi connectivity index (χ1v) is 7.92. The number of carbonyl (C=O) groups is 2. The van der Waals surface area contributed by atoms with Gasteiger partial charge in [0.2, 0.25) is 0 Å². The summed E-state index contributed by atoms with van der Waals surface area (Å²) in [4.78, 5) is 23.5. The van der Waals surface area contributed by atoms with Crippen LogP contribution in [-0.2, 0) is 6.42 Å². The number of rotatable bonds is 6. The molecule has 0 aliphatic carbocycles. The largest absolute Gasteiger partial charge is 0.493 e. The molecule has 5 heteroatoms. The first kappa shape index (κ1) is 17.2. The molecule has 0 unspecified atom stereocenters. The van der Waals surface area contributed by atoms with Crippen LogP contribution in [-0.4, -0.2) is 19.4 Å². The molecule has 0 bridgehead atoms. The Morgan fingerprint density at radius 2 is 2.04 bits per heavy atom. The second-order valence-electron chi connectivity index (χ2n) is 4.69. The molecule has 0 radical (unpaired) electrons. The number of halogens is 1. The number of methoxy groups -OCH3 is 1. The van der Waals surface area contributed by atoms with Crippen LogP contribution in [0.25, 0.3) is 0 Å². The number of allylic oxidation sites excluding steroid dienone is 1. The molecular formula is C18H15IO4. The van der Waals surface area contributed by atoms with Gasteiger partial charge in [0, 0.05) is 14.7 Å². The summed E-state index contributed by atoms with van der Waals surface area (Å²) < 4.78 is 11.6. The van der Waals surface area contributed by atoms with Crippen molar-refractivity contribution in [2.45, 2.75) is 6.42 Å². The van der Waals surface area contributed by atoms with Crippen molar-refractivity contribution in [3.8, 4) is 11.5 Å². The summed E-state index contributed by atoms with van der Waals surface area (Å²) in [5.74, 6) is 0.172. The molecule has 0 spiro atoms. The lowest BCUT2D eigenvalue weighted by Crippen LogP contribution is -2.12. The smallest absolute Gasteiger partial charge is 0.344 e. The van der Waals surface area contributed by atoms with E-state index in [1.807, 2.05) is 12.1 Å². The van der Waals surface area contributed by atoms with Crippen LogP contribution in [0.3, 0.4) is 0 Å². The van der Waals surface area contributed by atoms with Crippen molar-refractivity contribution in [2.24, 2.45) is 0 Å². The minimum absolute atomic E-state index is 0.308. The highest BCUT2D eigenvalue weighted by Crippen LogP contribution is 2.34. The standard InChI is InChI=1S/C18H15IO4/c1-3-6-13-9-12(11-20)10-16(22-2)17(13)23-18(21)14-7-4-5-8-15(14)19/h3-5,7-11H,1,6H2,2H3. The predicted molar refractivity (Wildman–Crippen MR) is 96.4 cm³/mol. The summed E-state index contributed by atoms with van der Waals surface area (Å²) >= 11 is 2.08. The van der Waals surface area contributed by atoms with Crippen LogP contribution >= 0.6 is 22.6 Å². The summed E-state index contributed by atoms with van der Waals surface area (Å²) in [6.45, 7) is 3.69. The molecule has 0 saturated heterocycles. The van der Waals surface area contributed by atoms with Gasteiger partial charge in [-0.2, -0.15) is 0 Å². The summed E-state index contributed by atoms with van der Waals surface area (Å²) in [6, 6.07) is 10.4. The van der Waals surface area contributed by atoms with Gasteiger partial charge >= 0.3 is 5.97 Å². The fourth-order valence-corrected chi connectivity index (χ4v) is 2.71. The number of esters is 1. The minimum atomic E-state index is -0.475. The molecule has 0 N–H and O–H groups in total. The van der Waals surface area contributed by atoms with Gasteiger partial charge < -0.3 is 9.47 Å². The maximum Gasteiger partial charge on any atom is 0.344 e. The molecule has 2 aromatic rings. The zero-order valence-corrected chi connectivity index (χ0v) is 14.7. The summed E-state index contributed by atoms with van der Waals surface area (Å²) in [7, 11) is 1.46. The Labute approximate surface area is 148 Å². The first-order chi connectivity index (χ1) is 11.1. The molecule has 0 aromatic heterocycles. The van der Waals surface area contributed by atoms with Crippen LogP contribution in [0.15, 0.2) is 49.1 Å². The van der Waals surface area contributed by atoms with Crippen LogP contribution in [0.5, 0.6) is 11.5 Å². The summed E-state index contributed by atoms with van der Waals surface area (Å²) in [5.41, 5.74) is 1.59. The Balaban J connectivity index is 2.45. The molecule has 0 amide bonds. The molecule has 0 heterocycles. The van der Waals surface area contributed by atoms with Gasteiger partial charge in [-0.1, -0.05) is 18.2 Å². The van der Waals surface area contributed by atoms with Gasteiger partial charge in [-0.15, -0.1) is 6.58 Å². The van der Waals surface area contributed by atoms with Crippen LogP contribution < -0.4 is 9.47 Å². The minimum Gasteiger partial charge on any atom is -0.493 e. The van der Waals surface area contributed by atoms with Crippen LogP contribution in [0, 0.1) is 3.57 Å². The lowest BCUT2D eigenvalue weighted by atomic mass is 10.1. The van der Waals surface area contributed by atoms with Crippen molar-refractivity contribution in [1.29, 1.82) is 0 Å².